The summed E-state index contributed by atoms with van der Waals surface area (Å²) in [5.41, 5.74) is 1.13. The summed E-state index contributed by atoms with van der Waals surface area (Å²) in [6, 6.07) is 12.4. The molecule has 1 atom stereocenters. The number of pyridine rings is 1. The van der Waals surface area contributed by atoms with Crippen LogP contribution in [-0.4, -0.2) is 35.3 Å². The fraction of sp³-hybridized carbons (Fsp3) is 0.158. The summed E-state index contributed by atoms with van der Waals surface area (Å²) < 4.78 is 27.2. The van der Waals surface area contributed by atoms with Crippen molar-refractivity contribution in [2.24, 2.45) is 0 Å². The molecule has 5 nitrogen and oxygen atoms in total. The Morgan fingerprint density at radius 1 is 1.19 bits per heavy atom. The van der Waals surface area contributed by atoms with Gasteiger partial charge in [0.05, 0.1) is 30.0 Å². The minimum Gasteiger partial charge on any atom is -0.393 e. The maximum atomic E-state index is 14.0. The van der Waals surface area contributed by atoms with E-state index < -0.39 is 24.5 Å². The number of aromatic nitrogens is 1. The highest BCUT2D eigenvalue weighted by Gasteiger charge is 2.15. The maximum absolute atomic E-state index is 14.0. The number of carbonyl (C=O) groups is 1. The van der Waals surface area contributed by atoms with Gasteiger partial charge in [0.2, 0.25) is 0 Å². The number of nitrogens with one attached hydrogen (secondary N) is 2. The first kappa shape index (κ1) is 19.0. The number of carbonyl (C=O) groups excluding carboxylic acids is 1. The van der Waals surface area contributed by atoms with Crippen molar-refractivity contribution in [3.05, 3.63) is 65.1 Å². The summed E-state index contributed by atoms with van der Waals surface area (Å²) in [5, 5.41) is 15.1. The number of aliphatic hydroxyl groups excluding tert-OH is 1. The van der Waals surface area contributed by atoms with E-state index in [2.05, 4.69) is 15.6 Å². The summed E-state index contributed by atoms with van der Waals surface area (Å²) in [6.45, 7) is -1.03. The number of amides is 1. The number of rotatable bonds is 6. The molecule has 1 amide bonds. The Hall–Kier alpha value is -2.77. The van der Waals surface area contributed by atoms with Gasteiger partial charge in [-0.1, -0.05) is 23.7 Å². The molecule has 0 fully saturated rings. The molecule has 140 valence electrons. The summed E-state index contributed by atoms with van der Waals surface area (Å²) >= 11 is 6.05. The molecule has 0 aliphatic rings. The predicted octanol–water partition coefficient (Wildman–Crippen LogP) is 3.83. The van der Waals surface area contributed by atoms with Gasteiger partial charge < -0.3 is 15.7 Å². The summed E-state index contributed by atoms with van der Waals surface area (Å²) in [4.78, 5) is 16.6. The highest BCUT2D eigenvalue weighted by Crippen LogP contribution is 2.29. The standard InChI is InChI=1S/C19H16ClF2N3O2/c20-11-5-6-15-13(7-11)17(25-16-4-2-1-3-14(16)22)8-18(24-15)19(27)23-9-12(21)10-26/h1-8,12,26H,9-10H2,(H,23,27)(H,24,25)/t12-/m1/s1. The average Bonchev–Trinajstić information content (AvgIpc) is 2.67. The van der Waals surface area contributed by atoms with Crippen molar-refractivity contribution in [2.75, 3.05) is 18.5 Å². The molecular formula is C19H16ClF2N3O2. The Kier molecular flexibility index (Phi) is 5.83. The number of para-hydroxylation sites is 1. The number of hydrogen-bond donors (Lipinski definition) is 3. The lowest BCUT2D eigenvalue weighted by Gasteiger charge is -2.13. The molecule has 0 aliphatic heterocycles. The first-order chi connectivity index (χ1) is 13.0. The zero-order valence-electron chi connectivity index (χ0n) is 14.0. The monoisotopic (exact) mass is 391 g/mol. The quantitative estimate of drug-likeness (QED) is 0.597. The molecule has 27 heavy (non-hydrogen) atoms. The molecule has 2 aromatic carbocycles. The molecule has 1 heterocycles. The fourth-order valence-corrected chi connectivity index (χ4v) is 2.66. The van der Waals surface area contributed by atoms with E-state index in [9.17, 15) is 13.6 Å². The van der Waals surface area contributed by atoms with Gasteiger partial charge in [-0.05, 0) is 36.4 Å². The second-order valence-corrected chi connectivity index (χ2v) is 6.25. The first-order valence-electron chi connectivity index (χ1n) is 8.13. The van der Waals surface area contributed by atoms with Crippen molar-refractivity contribution in [3.63, 3.8) is 0 Å². The summed E-state index contributed by atoms with van der Waals surface area (Å²) in [6.07, 6.45) is -1.57. The largest absolute Gasteiger partial charge is 0.393 e. The van der Waals surface area contributed by atoms with Crippen LogP contribution in [-0.2, 0) is 0 Å². The van der Waals surface area contributed by atoms with E-state index in [4.69, 9.17) is 16.7 Å². The van der Waals surface area contributed by atoms with Crippen LogP contribution >= 0.6 is 11.6 Å². The number of benzene rings is 2. The predicted molar refractivity (Wildman–Crippen MR) is 101 cm³/mol. The summed E-state index contributed by atoms with van der Waals surface area (Å²) in [7, 11) is 0. The van der Waals surface area contributed by atoms with Crippen molar-refractivity contribution in [1.29, 1.82) is 0 Å². The third-order valence-electron chi connectivity index (χ3n) is 3.83. The van der Waals surface area contributed by atoms with Gasteiger partial charge in [0.15, 0.2) is 0 Å². The zero-order chi connectivity index (χ0) is 19.4. The van der Waals surface area contributed by atoms with Crippen LogP contribution < -0.4 is 10.6 Å². The Balaban J connectivity index is 2.00. The molecule has 3 rings (SSSR count). The topological polar surface area (TPSA) is 74.2 Å². The van der Waals surface area contributed by atoms with Crippen molar-refractivity contribution >= 4 is 39.8 Å². The van der Waals surface area contributed by atoms with Gasteiger partial charge >= 0.3 is 0 Å². The minimum atomic E-state index is -1.57. The zero-order valence-corrected chi connectivity index (χ0v) is 14.8. The number of hydrogen-bond acceptors (Lipinski definition) is 4. The van der Waals surface area contributed by atoms with Crippen molar-refractivity contribution in [2.45, 2.75) is 6.17 Å². The smallest absolute Gasteiger partial charge is 0.270 e. The third-order valence-corrected chi connectivity index (χ3v) is 4.06. The number of alkyl halides is 1. The van der Waals surface area contributed by atoms with Crippen molar-refractivity contribution < 1.29 is 18.7 Å². The van der Waals surface area contributed by atoms with Gasteiger partial charge in [-0.25, -0.2) is 13.8 Å². The molecule has 0 unspecified atom stereocenters. The summed E-state index contributed by atoms with van der Waals surface area (Å²) in [5.74, 6) is -1.07. The minimum absolute atomic E-state index is 0.0220. The second kappa shape index (κ2) is 8.28. The van der Waals surface area contributed by atoms with Crippen LogP contribution in [0.5, 0.6) is 0 Å². The van der Waals surface area contributed by atoms with Gasteiger partial charge in [0.25, 0.3) is 5.91 Å². The molecule has 0 saturated heterocycles. The van der Waals surface area contributed by atoms with Crippen molar-refractivity contribution in [1.82, 2.24) is 10.3 Å². The van der Waals surface area contributed by atoms with Crippen LogP contribution in [0.2, 0.25) is 5.02 Å². The Bertz CT molecular complexity index is 984. The van der Waals surface area contributed by atoms with E-state index in [-0.39, 0.29) is 17.9 Å². The maximum Gasteiger partial charge on any atom is 0.270 e. The number of aliphatic hydroxyl groups is 1. The average molecular weight is 392 g/mol. The SMILES string of the molecule is O=C(NC[C@@H](F)CO)c1cc(Nc2ccccc2F)c2cc(Cl)ccc2n1. The molecular weight excluding hydrogens is 376 g/mol. The number of halogens is 3. The Morgan fingerprint density at radius 2 is 1.96 bits per heavy atom. The molecule has 8 heteroatoms. The van der Waals surface area contributed by atoms with Gasteiger partial charge in [-0.15, -0.1) is 0 Å². The van der Waals surface area contributed by atoms with E-state index in [1.807, 2.05) is 0 Å². The molecule has 1 aromatic heterocycles. The number of fused-ring (bicyclic) bond motifs is 1. The van der Waals surface area contributed by atoms with Crippen molar-refractivity contribution in [3.8, 4) is 0 Å². The van der Waals surface area contributed by atoms with Gasteiger partial charge in [-0.3, -0.25) is 4.79 Å². The highest BCUT2D eigenvalue weighted by atomic mass is 35.5. The highest BCUT2D eigenvalue weighted by molar-refractivity contribution is 6.31. The molecule has 0 aliphatic carbocycles. The lowest BCUT2D eigenvalue weighted by Crippen LogP contribution is -2.32. The van der Waals surface area contributed by atoms with Gasteiger partial charge in [-0.2, -0.15) is 0 Å². The van der Waals surface area contributed by atoms with Crippen LogP contribution in [0.4, 0.5) is 20.2 Å². The van der Waals surface area contributed by atoms with E-state index >= 15 is 0 Å². The fourth-order valence-electron chi connectivity index (χ4n) is 2.48. The third kappa shape index (κ3) is 4.50. The lowest BCUT2D eigenvalue weighted by molar-refractivity contribution is 0.0923. The van der Waals surface area contributed by atoms with E-state index in [0.717, 1.165) is 0 Å². The number of anilines is 2. The van der Waals surface area contributed by atoms with Crippen LogP contribution in [0.1, 0.15) is 10.5 Å². The lowest BCUT2D eigenvalue weighted by atomic mass is 10.1. The molecule has 0 spiro atoms. The second-order valence-electron chi connectivity index (χ2n) is 5.81. The molecule has 0 radical (unpaired) electrons. The van der Waals surface area contributed by atoms with Gasteiger partial charge in [0, 0.05) is 10.4 Å². The van der Waals surface area contributed by atoms with Crippen LogP contribution in [0.25, 0.3) is 10.9 Å². The van der Waals surface area contributed by atoms with Crippen LogP contribution in [0, 0.1) is 5.82 Å². The number of nitrogens with zero attached hydrogens (tertiary/aromatic N) is 1. The van der Waals surface area contributed by atoms with E-state index in [0.29, 0.717) is 21.6 Å². The Labute approximate surface area is 159 Å². The van der Waals surface area contributed by atoms with Crippen LogP contribution in [0.3, 0.4) is 0 Å². The van der Waals surface area contributed by atoms with E-state index in [1.54, 1.807) is 36.4 Å². The van der Waals surface area contributed by atoms with Gasteiger partial charge in [0.1, 0.15) is 17.7 Å². The Morgan fingerprint density at radius 3 is 2.70 bits per heavy atom. The first-order valence-corrected chi connectivity index (χ1v) is 8.50. The molecule has 3 N–H and O–H groups in total. The molecule has 0 bridgehead atoms. The van der Waals surface area contributed by atoms with E-state index in [1.165, 1.54) is 12.1 Å². The van der Waals surface area contributed by atoms with Crippen LogP contribution in [0.15, 0.2) is 48.5 Å². The normalized spacial score (nSPS) is 12.0. The molecule has 3 aromatic rings. The molecule has 0 saturated carbocycles.